The van der Waals surface area contributed by atoms with Crippen molar-refractivity contribution < 1.29 is 14.3 Å². The van der Waals surface area contributed by atoms with Crippen molar-refractivity contribution in [2.75, 3.05) is 18.1 Å². The Balaban J connectivity index is 2.18. The van der Waals surface area contributed by atoms with Crippen LogP contribution in [0.15, 0.2) is 18.3 Å². The smallest absolute Gasteiger partial charge is 0.328 e. The molecule has 5 nitrogen and oxygen atoms in total. The fourth-order valence-electron chi connectivity index (χ4n) is 2.49. The van der Waals surface area contributed by atoms with Crippen LogP contribution in [-0.4, -0.2) is 35.9 Å². The first-order valence-electron chi connectivity index (χ1n) is 7.03. The van der Waals surface area contributed by atoms with Gasteiger partial charge in [0, 0.05) is 13.5 Å². The maximum absolute atomic E-state index is 12.0. The zero-order valence-corrected chi connectivity index (χ0v) is 12.0. The number of ether oxygens (including phenoxy) is 1. The summed E-state index contributed by atoms with van der Waals surface area (Å²) in [4.78, 5) is 29.4. The second kappa shape index (κ2) is 6.50. The van der Waals surface area contributed by atoms with Crippen molar-refractivity contribution in [1.29, 1.82) is 0 Å². The van der Waals surface area contributed by atoms with E-state index in [0.29, 0.717) is 12.3 Å². The third-order valence-corrected chi connectivity index (χ3v) is 3.50. The van der Waals surface area contributed by atoms with Gasteiger partial charge in [-0.2, -0.15) is 0 Å². The molecule has 1 aliphatic rings. The Kier molecular flexibility index (Phi) is 4.71. The lowest BCUT2D eigenvalue weighted by Gasteiger charge is -2.35. The summed E-state index contributed by atoms with van der Waals surface area (Å²) in [6, 6.07) is 3.31. The number of ketones is 1. The number of aromatic nitrogens is 1. The molecule has 1 aliphatic heterocycles. The number of rotatable bonds is 4. The highest BCUT2D eigenvalue weighted by Crippen LogP contribution is 2.25. The molecule has 1 unspecified atom stereocenters. The first-order valence-corrected chi connectivity index (χ1v) is 7.03. The highest BCUT2D eigenvalue weighted by molar-refractivity contribution is 5.92. The van der Waals surface area contributed by atoms with Gasteiger partial charge >= 0.3 is 5.97 Å². The van der Waals surface area contributed by atoms with Crippen molar-refractivity contribution in [2.24, 2.45) is 0 Å². The average Bonchev–Trinajstić information content (AvgIpc) is 2.47. The number of hydrogen-bond donors (Lipinski definition) is 0. The molecule has 0 spiro atoms. The van der Waals surface area contributed by atoms with Crippen LogP contribution < -0.4 is 4.90 Å². The quantitative estimate of drug-likeness (QED) is 0.623. The minimum atomic E-state index is -0.242. The second-order valence-corrected chi connectivity index (χ2v) is 4.91. The average molecular weight is 276 g/mol. The van der Waals surface area contributed by atoms with Gasteiger partial charge in [0.25, 0.3) is 0 Å². The number of piperidine rings is 1. The summed E-state index contributed by atoms with van der Waals surface area (Å²) in [7, 11) is 0. The van der Waals surface area contributed by atoms with E-state index in [1.165, 1.54) is 6.92 Å². The van der Waals surface area contributed by atoms with Crippen LogP contribution in [-0.2, 0) is 9.53 Å². The lowest BCUT2D eigenvalue weighted by atomic mass is 10.0. The van der Waals surface area contributed by atoms with Crippen molar-refractivity contribution in [3.8, 4) is 0 Å². The van der Waals surface area contributed by atoms with Crippen molar-refractivity contribution >= 4 is 17.4 Å². The van der Waals surface area contributed by atoms with Crippen molar-refractivity contribution in [3.05, 3.63) is 24.0 Å². The molecule has 0 amide bonds. The van der Waals surface area contributed by atoms with Crippen LogP contribution in [0.1, 0.15) is 43.6 Å². The molecule has 5 heteroatoms. The molecule has 0 N–H and O–H groups in total. The molecule has 0 aromatic carbocycles. The van der Waals surface area contributed by atoms with Crippen LogP contribution in [0.2, 0.25) is 0 Å². The summed E-state index contributed by atoms with van der Waals surface area (Å²) in [5.74, 6) is -0.236. The second-order valence-electron chi connectivity index (χ2n) is 4.91. The van der Waals surface area contributed by atoms with Crippen molar-refractivity contribution in [2.45, 2.75) is 39.2 Å². The van der Waals surface area contributed by atoms with Gasteiger partial charge in [0.05, 0.1) is 18.5 Å². The Morgan fingerprint density at radius 2 is 2.20 bits per heavy atom. The van der Waals surface area contributed by atoms with E-state index in [-0.39, 0.29) is 17.8 Å². The third kappa shape index (κ3) is 3.15. The summed E-state index contributed by atoms with van der Waals surface area (Å²) < 4.78 is 5.14. The summed E-state index contributed by atoms with van der Waals surface area (Å²) in [6.45, 7) is 4.51. The zero-order valence-electron chi connectivity index (χ0n) is 12.0. The van der Waals surface area contributed by atoms with Gasteiger partial charge in [-0.05, 0) is 38.3 Å². The molecule has 20 heavy (non-hydrogen) atoms. The maximum atomic E-state index is 12.0. The lowest BCUT2D eigenvalue weighted by molar-refractivity contribution is -0.145. The highest BCUT2D eigenvalue weighted by atomic mass is 16.5. The maximum Gasteiger partial charge on any atom is 0.328 e. The Labute approximate surface area is 118 Å². The van der Waals surface area contributed by atoms with Crippen LogP contribution in [0, 0.1) is 0 Å². The van der Waals surface area contributed by atoms with Crippen molar-refractivity contribution in [1.82, 2.24) is 4.98 Å². The van der Waals surface area contributed by atoms with Crippen LogP contribution in [0.3, 0.4) is 0 Å². The SMILES string of the molecule is CCOC(=O)C1CCCCN1c1ccc(C(C)=O)nc1. The van der Waals surface area contributed by atoms with Gasteiger partial charge in [0.1, 0.15) is 11.7 Å². The molecule has 0 bridgehead atoms. The van der Waals surface area contributed by atoms with Gasteiger partial charge in [0.15, 0.2) is 5.78 Å². The number of Topliss-reactive ketones (excluding diaryl/α,β-unsaturated/α-hetero) is 1. The summed E-state index contributed by atoms with van der Waals surface area (Å²) >= 11 is 0. The van der Waals surface area contributed by atoms with E-state index in [0.717, 1.165) is 31.5 Å². The van der Waals surface area contributed by atoms with Gasteiger partial charge in [-0.15, -0.1) is 0 Å². The summed E-state index contributed by atoms with van der Waals surface area (Å²) in [5, 5.41) is 0. The van der Waals surface area contributed by atoms with Crippen LogP contribution in [0.25, 0.3) is 0 Å². The molecule has 1 atom stereocenters. The Morgan fingerprint density at radius 3 is 2.80 bits per heavy atom. The highest BCUT2D eigenvalue weighted by Gasteiger charge is 2.30. The van der Waals surface area contributed by atoms with Gasteiger partial charge in [-0.1, -0.05) is 0 Å². The van der Waals surface area contributed by atoms with E-state index in [4.69, 9.17) is 4.74 Å². The minimum absolute atomic E-state index is 0.0582. The number of esters is 1. The number of carbonyl (C=O) groups excluding carboxylic acids is 2. The van der Waals surface area contributed by atoms with Gasteiger partial charge in [-0.3, -0.25) is 9.78 Å². The van der Waals surface area contributed by atoms with Gasteiger partial charge < -0.3 is 9.64 Å². The van der Waals surface area contributed by atoms with Crippen molar-refractivity contribution in [3.63, 3.8) is 0 Å². The number of pyridine rings is 1. The molecule has 2 heterocycles. The lowest BCUT2D eigenvalue weighted by Crippen LogP contribution is -2.45. The number of carbonyl (C=O) groups is 2. The fourth-order valence-corrected chi connectivity index (χ4v) is 2.49. The first kappa shape index (κ1) is 14.5. The van der Waals surface area contributed by atoms with E-state index in [2.05, 4.69) is 4.98 Å². The largest absolute Gasteiger partial charge is 0.464 e. The van der Waals surface area contributed by atoms with E-state index in [1.807, 2.05) is 17.9 Å². The van der Waals surface area contributed by atoms with Crippen LogP contribution >= 0.6 is 0 Å². The molecule has 1 saturated heterocycles. The normalized spacial score (nSPS) is 18.7. The van der Waals surface area contributed by atoms with Gasteiger partial charge in [0.2, 0.25) is 0 Å². The Hall–Kier alpha value is -1.91. The molecular formula is C15H20N2O3. The molecule has 0 saturated carbocycles. The molecule has 0 aliphatic carbocycles. The topological polar surface area (TPSA) is 59.5 Å². The molecular weight excluding hydrogens is 256 g/mol. The molecule has 108 valence electrons. The van der Waals surface area contributed by atoms with Crippen LogP contribution in [0.5, 0.6) is 0 Å². The number of hydrogen-bond acceptors (Lipinski definition) is 5. The zero-order chi connectivity index (χ0) is 14.5. The number of anilines is 1. The van der Waals surface area contributed by atoms with E-state index >= 15 is 0 Å². The summed E-state index contributed by atoms with van der Waals surface area (Å²) in [5.41, 5.74) is 1.31. The standard InChI is InChI=1S/C15H20N2O3/c1-3-20-15(19)14-6-4-5-9-17(14)12-7-8-13(11(2)18)16-10-12/h7-8,10,14H,3-6,9H2,1-2H3. The predicted molar refractivity (Wildman–Crippen MR) is 75.9 cm³/mol. The minimum Gasteiger partial charge on any atom is -0.464 e. The Morgan fingerprint density at radius 1 is 1.40 bits per heavy atom. The third-order valence-electron chi connectivity index (χ3n) is 3.50. The Bertz CT molecular complexity index is 484. The van der Waals surface area contributed by atoms with Crippen LogP contribution in [0.4, 0.5) is 5.69 Å². The number of nitrogens with zero attached hydrogens (tertiary/aromatic N) is 2. The molecule has 2 rings (SSSR count). The molecule has 1 fully saturated rings. The van der Waals surface area contributed by atoms with E-state index < -0.39 is 0 Å². The van der Waals surface area contributed by atoms with Gasteiger partial charge in [-0.25, -0.2) is 4.79 Å². The molecule has 1 aromatic heterocycles. The molecule has 1 aromatic rings. The van der Waals surface area contributed by atoms with E-state index in [1.54, 1.807) is 12.3 Å². The first-order chi connectivity index (χ1) is 9.63. The summed E-state index contributed by atoms with van der Waals surface area (Å²) in [6.07, 6.45) is 4.53. The van der Waals surface area contributed by atoms with E-state index in [9.17, 15) is 9.59 Å². The molecule has 0 radical (unpaired) electrons. The predicted octanol–water partition coefficient (Wildman–Crippen LogP) is 2.21. The fraction of sp³-hybridized carbons (Fsp3) is 0.533. The monoisotopic (exact) mass is 276 g/mol.